The number of aliphatic imine (C=N–C) groups is 1. The number of benzene rings is 1. The molecule has 1 aromatic carbocycles. The molecule has 7 nitrogen and oxygen atoms in total. The second-order valence-corrected chi connectivity index (χ2v) is 5.67. The van der Waals surface area contributed by atoms with Crippen molar-refractivity contribution in [3.8, 4) is 11.5 Å². The van der Waals surface area contributed by atoms with Crippen LogP contribution in [-0.4, -0.2) is 71.0 Å². The lowest BCUT2D eigenvalue weighted by molar-refractivity contribution is -0.0512. The first-order valence-corrected chi connectivity index (χ1v) is 8.48. The molecule has 9 heteroatoms. The van der Waals surface area contributed by atoms with Crippen LogP contribution in [0.1, 0.15) is 5.56 Å². The van der Waals surface area contributed by atoms with E-state index in [0.717, 1.165) is 45.0 Å². The molecule has 26 heavy (non-hydrogen) atoms. The fraction of sp³-hybridized carbons (Fsp3) is 0.588. The quantitative estimate of drug-likeness (QED) is 0.530. The van der Waals surface area contributed by atoms with Crippen LogP contribution in [0.5, 0.6) is 11.5 Å². The van der Waals surface area contributed by atoms with Crippen LogP contribution in [-0.2, 0) is 11.3 Å². The first-order valence-electron chi connectivity index (χ1n) is 8.48. The van der Waals surface area contributed by atoms with Crippen LogP contribution in [0.15, 0.2) is 23.2 Å². The SMILES string of the molecule is CN=C(NCCN1CCOCC1)NCc1ccc(OC)c(OC(F)F)c1. The highest BCUT2D eigenvalue weighted by atomic mass is 19.3. The van der Waals surface area contributed by atoms with E-state index in [9.17, 15) is 8.78 Å². The van der Waals surface area contributed by atoms with Gasteiger partial charge in [0.1, 0.15) is 0 Å². The van der Waals surface area contributed by atoms with E-state index in [4.69, 9.17) is 9.47 Å². The fourth-order valence-corrected chi connectivity index (χ4v) is 2.58. The molecule has 1 aromatic rings. The third-order valence-electron chi connectivity index (χ3n) is 3.95. The molecule has 0 spiro atoms. The number of alkyl halides is 2. The number of morpholine rings is 1. The Morgan fingerprint density at radius 1 is 1.27 bits per heavy atom. The highest BCUT2D eigenvalue weighted by Gasteiger charge is 2.12. The Balaban J connectivity index is 1.81. The molecule has 0 aliphatic carbocycles. The topological polar surface area (TPSA) is 67.4 Å². The first-order chi connectivity index (χ1) is 12.6. The second kappa shape index (κ2) is 10.8. The van der Waals surface area contributed by atoms with E-state index in [1.54, 1.807) is 19.2 Å². The van der Waals surface area contributed by atoms with E-state index >= 15 is 0 Å². The van der Waals surface area contributed by atoms with Crippen LogP contribution >= 0.6 is 0 Å². The summed E-state index contributed by atoms with van der Waals surface area (Å²) in [6.07, 6.45) is 0. The minimum atomic E-state index is -2.90. The summed E-state index contributed by atoms with van der Waals surface area (Å²) in [7, 11) is 3.09. The van der Waals surface area contributed by atoms with E-state index < -0.39 is 6.61 Å². The number of nitrogens with one attached hydrogen (secondary N) is 2. The van der Waals surface area contributed by atoms with Gasteiger partial charge in [0.2, 0.25) is 0 Å². The standard InChI is InChI=1S/C17H26F2N4O3/c1-20-17(21-5-6-23-7-9-25-10-8-23)22-12-13-3-4-14(24-2)15(11-13)26-16(18)19/h3-4,11,16H,5-10,12H2,1-2H3,(H2,20,21,22). The van der Waals surface area contributed by atoms with Gasteiger partial charge in [0.15, 0.2) is 17.5 Å². The van der Waals surface area contributed by atoms with Gasteiger partial charge < -0.3 is 24.8 Å². The molecule has 0 amide bonds. The Morgan fingerprint density at radius 2 is 2.04 bits per heavy atom. The molecular formula is C17H26F2N4O3. The van der Waals surface area contributed by atoms with Crippen molar-refractivity contribution in [3.05, 3.63) is 23.8 Å². The summed E-state index contributed by atoms with van der Waals surface area (Å²) in [6.45, 7) is 2.59. The van der Waals surface area contributed by atoms with E-state index in [0.29, 0.717) is 12.5 Å². The maximum absolute atomic E-state index is 12.5. The summed E-state index contributed by atoms with van der Waals surface area (Å²) in [4.78, 5) is 6.49. The predicted molar refractivity (Wildman–Crippen MR) is 95.1 cm³/mol. The van der Waals surface area contributed by atoms with E-state index in [1.807, 2.05) is 0 Å². The van der Waals surface area contributed by atoms with Crippen LogP contribution in [0.25, 0.3) is 0 Å². The van der Waals surface area contributed by atoms with E-state index in [-0.39, 0.29) is 11.5 Å². The number of hydrogen-bond donors (Lipinski definition) is 2. The highest BCUT2D eigenvalue weighted by Crippen LogP contribution is 2.29. The van der Waals surface area contributed by atoms with Gasteiger partial charge in [-0.3, -0.25) is 9.89 Å². The summed E-state index contributed by atoms with van der Waals surface area (Å²) < 4.78 is 39.8. The van der Waals surface area contributed by atoms with E-state index in [1.165, 1.54) is 13.2 Å². The minimum Gasteiger partial charge on any atom is -0.493 e. The number of nitrogens with zero attached hydrogens (tertiary/aromatic N) is 2. The number of hydrogen-bond acceptors (Lipinski definition) is 5. The molecule has 146 valence electrons. The molecule has 1 aliphatic rings. The van der Waals surface area contributed by atoms with Gasteiger partial charge in [0.05, 0.1) is 20.3 Å². The van der Waals surface area contributed by atoms with Gasteiger partial charge >= 0.3 is 6.61 Å². The molecular weight excluding hydrogens is 346 g/mol. The number of halogens is 2. The Labute approximate surface area is 152 Å². The number of rotatable bonds is 8. The Morgan fingerprint density at radius 3 is 2.69 bits per heavy atom. The molecule has 0 saturated carbocycles. The normalized spacial score (nSPS) is 15.8. The summed E-state index contributed by atoms with van der Waals surface area (Å²) in [6, 6.07) is 4.91. The molecule has 2 rings (SSSR count). The molecule has 1 saturated heterocycles. The molecule has 0 unspecified atom stereocenters. The lowest BCUT2D eigenvalue weighted by atomic mass is 10.2. The average Bonchev–Trinajstić information content (AvgIpc) is 2.65. The van der Waals surface area contributed by atoms with Crippen molar-refractivity contribution in [1.29, 1.82) is 0 Å². The van der Waals surface area contributed by atoms with Gasteiger partial charge in [-0.05, 0) is 17.7 Å². The number of guanidine groups is 1. The average molecular weight is 372 g/mol. The van der Waals surface area contributed by atoms with Gasteiger partial charge in [-0.1, -0.05) is 6.07 Å². The zero-order chi connectivity index (χ0) is 18.8. The van der Waals surface area contributed by atoms with Crippen molar-refractivity contribution in [2.45, 2.75) is 13.2 Å². The monoisotopic (exact) mass is 372 g/mol. The number of ether oxygens (including phenoxy) is 3. The lowest BCUT2D eigenvalue weighted by Gasteiger charge is -2.26. The Hall–Kier alpha value is -2.13. The molecule has 2 N–H and O–H groups in total. The fourth-order valence-electron chi connectivity index (χ4n) is 2.58. The number of methoxy groups -OCH3 is 1. The third kappa shape index (κ3) is 6.64. The van der Waals surface area contributed by atoms with Crippen molar-refractivity contribution >= 4 is 5.96 Å². The van der Waals surface area contributed by atoms with Crippen LogP contribution in [0.2, 0.25) is 0 Å². The van der Waals surface area contributed by atoms with Gasteiger partial charge in [-0.15, -0.1) is 0 Å². The van der Waals surface area contributed by atoms with Gasteiger partial charge in [0.25, 0.3) is 0 Å². The summed E-state index contributed by atoms with van der Waals surface area (Å²) in [5, 5.41) is 6.39. The maximum Gasteiger partial charge on any atom is 0.387 e. The van der Waals surface area contributed by atoms with Gasteiger partial charge in [0, 0.05) is 39.8 Å². The van der Waals surface area contributed by atoms with E-state index in [2.05, 4.69) is 25.3 Å². The summed E-state index contributed by atoms with van der Waals surface area (Å²) in [5.74, 6) is 0.921. The van der Waals surface area contributed by atoms with Crippen molar-refractivity contribution in [1.82, 2.24) is 15.5 Å². The van der Waals surface area contributed by atoms with Crippen LogP contribution in [0, 0.1) is 0 Å². The van der Waals surface area contributed by atoms with Crippen LogP contribution in [0.3, 0.4) is 0 Å². The van der Waals surface area contributed by atoms with Crippen molar-refractivity contribution in [2.75, 3.05) is 53.6 Å². The van der Waals surface area contributed by atoms with Crippen LogP contribution in [0.4, 0.5) is 8.78 Å². The van der Waals surface area contributed by atoms with Crippen molar-refractivity contribution in [3.63, 3.8) is 0 Å². The molecule has 1 heterocycles. The maximum atomic E-state index is 12.5. The minimum absolute atomic E-state index is 0.0112. The summed E-state index contributed by atoms with van der Waals surface area (Å²) in [5.41, 5.74) is 0.776. The molecule has 0 bridgehead atoms. The molecule has 0 aromatic heterocycles. The predicted octanol–water partition coefficient (Wildman–Crippen LogP) is 1.29. The largest absolute Gasteiger partial charge is 0.493 e. The smallest absolute Gasteiger partial charge is 0.387 e. The summed E-state index contributed by atoms with van der Waals surface area (Å²) >= 11 is 0. The zero-order valence-electron chi connectivity index (χ0n) is 15.1. The second-order valence-electron chi connectivity index (χ2n) is 5.67. The van der Waals surface area contributed by atoms with Gasteiger partial charge in [-0.25, -0.2) is 0 Å². The van der Waals surface area contributed by atoms with Crippen LogP contribution < -0.4 is 20.1 Å². The zero-order valence-corrected chi connectivity index (χ0v) is 15.1. The molecule has 0 radical (unpaired) electrons. The lowest BCUT2D eigenvalue weighted by Crippen LogP contribution is -2.44. The first kappa shape index (κ1) is 20.2. The highest BCUT2D eigenvalue weighted by molar-refractivity contribution is 5.79. The van der Waals surface area contributed by atoms with Crippen molar-refractivity contribution in [2.24, 2.45) is 4.99 Å². The van der Waals surface area contributed by atoms with Gasteiger partial charge in [-0.2, -0.15) is 8.78 Å². The Bertz CT molecular complexity index is 581. The Kier molecular flexibility index (Phi) is 8.36. The third-order valence-corrected chi connectivity index (χ3v) is 3.95. The van der Waals surface area contributed by atoms with Crippen molar-refractivity contribution < 1.29 is 23.0 Å². The molecule has 0 atom stereocenters. The molecule has 1 aliphatic heterocycles. The molecule has 1 fully saturated rings.